The third-order valence-electron chi connectivity index (χ3n) is 4.06. The highest BCUT2D eigenvalue weighted by Crippen LogP contribution is 2.31. The van der Waals surface area contributed by atoms with Gasteiger partial charge in [-0.05, 0) is 42.5 Å². The molecule has 5 nitrogen and oxygen atoms in total. The van der Waals surface area contributed by atoms with E-state index in [9.17, 15) is 14.7 Å². The molecule has 0 spiro atoms. The number of carbonyl (C=O) groups is 1. The summed E-state index contributed by atoms with van der Waals surface area (Å²) in [4.78, 5) is 25.0. The van der Waals surface area contributed by atoms with Crippen molar-refractivity contribution in [2.75, 3.05) is 5.32 Å². The Morgan fingerprint density at radius 1 is 1.26 bits per heavy atom. The Labute approximate surface area is 136 Å². The third kappa shape index (κ3) is 2.41. The Kier molecular flexibility index (Phi) is 3.69. The molecule has 118 valence electrons. The Balaban J connectivity index is 2.11. The van der Waals surface area contributed by atoms with E-state index in [1.165, 1.54) is 15.9 Å². The first-order valence-electron chi connectivity index (χ1n) is 7.08. The molecule has 6 heteroatoms. The van der Waals surface area contributed by atoms with Crippen LogP contribution < -0.4 is 10.9 Å². The second-order valence-electron chi connectivity index (χ2n) is 5.42. The molecule has 0 saturated heterocycles. The number of hydrogen-bond donors (Lipinski definition) is 2. The molecule has 23 heavy (non-hydrogen) atoms. The van der Waals surface area contributed by atoms with E-state index < -0.39 is 11.5 Å². The van der Waals surface area contributed by atoms with Crippen LogP contribution >= 0.6 is 11.3 Å². The highest BCUT2D eigenvalue weighted by atomic mass is 32.1. The van der Waals surface area contributed by atoms with Gasteiger partial charge in [0.1, 0.15) is 5.56 Å². The van der Waals surface area contributed by atoms with Crippen LogP contribution in [0.1, 0.15) is 21.5 Å². The van der Waals surface area contributed by atoms with E-state index in [1.807, 2.05) is 26.0 Å². The fourth-order valence-electron chi connectivity index (χ4n) is 2.51. The fraction of sp³-hybridized carbons (Fsp3) is 0.176. The average molecular weight is 328 g/mol. The van der Waals surface area contributed by atoms with Crippen molar-refractivity contribution in [3.8, 4) is 5.75 Å². The van der Waals surface area contributed by atoms with Gasteiger partial charge in [0.05, 0.1) is 10.2 Å². The molecule has 3 rings (SSSR count). The standard InChI is InChI=1S/C17H16N2O3S/c1-9-5-4-6-11(10(9)2)18-16(21)13-14(20)15-12(7-8-23-15)19(3)17(13)22/h4-8,20H,1-3H3,(H,18,21). The van der Waals surface area contributed by atoms with Gasteiger partial charge in [-0.2, -0.15) is 0 Å². The van der Waals surface area contributed by atoms with Gasteiger partial charge in [0.2, 0.25) is 0 Å². The molecule has 0 radical (unpaired) electrons. The molecule has 0 atom stereocenters. The van der Waals surface area contributed by atoms with Gasteiger partial charge in [-0.15, -0.1) is 11.3 Å². The number of carbonyl (C=O) groups excluding carboxylic acids is 1. The average Bonchev–Trinajstić information content (AvgIpc) is 3.00. The minimum absolute atomic E-state index is 0.233. The molecule has 0 aliphatic rings. The number of aromatic nitrogens is 1. The number of hydrogen-bond acceptors (Lipinski definition) is 4. The van der Waals surface area contributed by atoms with Crippen LogP contribution in [0.3, 0.4) is 0 Å². The molecule has 0 bridgehead atoms. The number of nitrogens with zero attached hydrogens (tertiary/aromatic N) is 1. The lowest BCUT2D eigenvalue weighted by Gasteiger charge is -2.12. The molecule has 0 aliphatic heterocycles. The summed E-state index contributed by atoms with van der Waals surface area (Å²) in [7, 11) is 1.59. The SMILES string of the molecule is Cc1cccc(NC(=O)c2c(O)c3sccc3n(C)c2=O)c1C. The van der Waals surface area contributed by atoms with E-state index in [4.69, 9.17) is 0 Å². The highest BCUT2D eigenvalue weighted by Gasteiger charge is 2.22. The fourth-order valence-corrected chi connectivity index (χ4v) is 3.38. The van der Waals surface area contributed by atoms with Crippen LogP contribution in [0.15, 0.2) is 34.4 Å². The summed E-state index contributed by atoms with van der Waals surface area (Å²) in [6.07, 6.45) is 0. The summed E-state index contributed by atoms with van der Waals surface area (Å²) >= 11 is 1.29. The number of aromatic hydroxyl groups is 1. The van der Waals surface area contributed by atoms with Crippen molar-refractivity contribution in [3.05, 3.63) is 56.7 Å². The van der Waals surface area contributed by atoms with Gasteiger partial charge in [0.15, 0.2) is 5.75 Å². The Hall–Kier alpha value is -2.60. The first-order valence-corrected chi connectivity index (χ1v) is 7.96. The summed E-state index contributed by atoms with van der Waals surface area (Å²) in [5, 5.41) is 14.9. The molecule has 0 fully saturated rings. The zero-order chi connectivity index (χ0) is 16.7. The molecule has 1 amide bonds. The molecule has 1 aromatic carbocycles. The van der Waals surface area contributed by atoms with E-state index >= 15 is 0 Å². The first-order chi connectivity index (χ1) is 10.9. The van der Waals surface area contributed by atoms with E-state index in [-0.39, 0.29) is 11.3 Å². The maximum absolute atomic E-state index is 12.6. The number of anilines is 1. The lowest BCUT2D eigenvalue weighted by molar-refractivity contribution is 0.102. The number of thiophene rings is 1. The van der Waals surface area contributed by atoms with Crippen molar-refractivity contribution in [3.63, 3.8) is 0 Å². The molecule has 0 aliphatic carbocycles. The normalized spacial score (nSPS) is 10.9. The number of benzene rings is 1. The van der Waals surface area contributed by atoms with E-state index in [0.29, 0.717) is 15.9 Å². The third-order valence-corrected chi connectivity index (χ3v) is 4.97. The van der Waals surface area contributed by atoms with Gasteiger partial charge in [-0.25, -0.2) is 0 Å². The van der Waals surface area contributed by atoms with Gasteiger partial charge in [-0.1, -0.05) is 12.1 Å². The second kappa shape index (κ2) is 5.55. The number of fused-ring (bicyclic) bond motifs is 1. The number of amides is 1. The summed E-state index contributed by atoms with van der Waals surface area (Å²) in [5.74, 6) is -0.868. The molecular formula is C17H16N2O3S. The lowest BCUT2D eigenvalue weighted by atomic mass is 10.1. The van der Waals surface area contributed by atoms with Crippen molar-refractivity contribution in [2.24, 2.45) is 7.05 Å². The largest absolute Gasteiger partial charge is 0.505 e. The molecule has 2 heterocycles. The summed E-state index contributed by atoms with van der Waals surface area (Å²) in [6, 6.07) is 7.29. The lowest BCUT2D eigenvalue weighted by Crippen LogP contribution is -2.28. The molecule has 0 unspecified atom stereocenters. The predicted molar refractivity (Wildman–Crippen MR) is 92.6 cm³/mol. The quantitative estimate of drug-likeness (QED) is 0.759. The van der Waals surface area contributed by atoms with Crippen LogP contribution in [0.4, 0.5) is 5.69 Å². The molecule has 3 aromatic rings. The minimum Gasteiger partial charge on any atom is -0.505 e. The maximum atomic E-state index is 12.6. The Morgan fingerprint density at radius 3 is 2.74 bits per heavy atom. The Bertz CT molecular complexity index is 985. The van der Waals surface area contributed by atoms with Crippen LogP contribution in [0.5, 0.6) is 5.75 Å². The van der Waals surface area contributed by atoms with Crippen molar-refractivity contribution in [1.29, 1.82) is 0 Å². The number of pyridine rings is 1. The number of rotatable bonds is 2. The van der Waals surface area contributed by atoms with Crippen LogP contribution in [0.25, 0.3) is 10.2 Å². The predicted octanol–water partition coefficient (Wildman–Crippen LogP) is 3.17. The van der Waals surface area contributed by atoms with Gasteiger partial charge < -0.3 is 15.0 Å². The zero-order valence-corrected chi connectivity index (χ0v) is 13.8. The molecule has 2 N–H and O–H groups in total. The van der Waals surface area contributed by atoms with Crippen LogP contribution in [0, 0.1) is 13.8 Å². The summed E-state index contributed by atoms with van der Waals surface area (Å²) < 4.78 is 1.90. The van der Waals surface area contributed by atoms with Crippen LogP contribution in [0.2, 0.25) is 0 Å². The van der Waals surface area contributed by atoms with E-state index in [0.717, 1.165) is 11.1 Å². The molecular weight excluding hydrogens is 312 g/mol. The highest BCUT2D eigenvalue weighted by molar-refractivity contribution is 7.17. The van der Waals surface area contributed by atoms with Crippen LogP contribution in [-0.2, 0) is 7.05 Å². The monoisotopic (exact) mass is 328 g/mol. The number of nitrogens with one attached hydrogen (secondary N) is 1. The van der Waals surface area contributed by atoms with E-state index in [2.05, 4.69) is 5.32 Å². The van der Waals surface area contributed by atoms with E-state index in [1.54, 1.807) is 24.6 Å². The van der Waals surface area contributed by atoms with Crippen molar-refractivity contribution >= 4 is 33.1 Å². The minimum atomic E-state index is -0.605. The number of aryl methyl sites for hydroxylation is 2. The first kappa shape index (κ1) is 15.3. The van der Waals surface area contributed by atoms with Crippen molar-refractivity contribution in [2.45, 2.75) is 13.8 Å². The summed E-state index contributed by atoms with van der Waals surface area (Å²) in [5.41, 5.74) is 2.45. The second-order valence-corrected chi connectivity index (χ2v) is 6.34. The maximum Gasteiger partial charge on any atom is 0.267 e. The van der Waals surface area contributed by atoms with Gasteiger partial charge in [0.25, 0.3) is 11.5 Å². The summed E-state index contributed by atoms with van der Waals surface area (Å²) in [6.45, 7) is 3.84. The Morgan fingerprint density at radius 2 is 2.00 bits per heavy atom. The molecule has 2 aromatic heterocycles. The topological polar surface area (TPSA) is 71.3 Å². The van der Waals surface area contributed by atoms with Gasteiger partial charge in [0, 0.05) is 12.7 Å². The van der Waals surface area contributed by atoms with Gasteiger partial charge >= 0.3 is 0 Å². The smallest absolute Gasteiger partial charge is 0.267 e. The molecule has 0 saturated carbocycles. The van der Waals surface area contributed by atoms with Crippen molar-refractivity contribution in [1.82, 2.24) is 4.57 Å². The van der Waals surface area contributed by atoms with Gasteiger partial charge in [-0.3, -0.25) is 9.59 Å². The zero-order valence-electron chi connectivity index (χ0n) is 13.0. The van der Waals surface area contributed by atoms with Crippen molar-refractivity contribution < 1.29 is 9.90 Å². The van der Waals surface area contributed by atoms with Crippen LogP contribution in [-0.4, -0.2) is 15.6 Å².